The van der Waals surface area contributed by atoms with E-state index in [1.807, 2.05) is 113 Å². The normalized spacial score (nSPS) is 11.7. The summed E-state index contributed by atoms with van der Waals surface area (Å²) >= 11 is 18.7. The molecular weight excluding hydrogens is 1780 g/mol. The van der Waals surface area contributed by atoms with Crippen LogP contribution in [0.1, 0.15) is 307 Å². The van der Waals surface area contributed by atoms with E-state index in [9.17, 15) is 0 Å². The van der Waals surface area contributed by atoms with Crippen LogP contribution in [-0.4, -0.2) is 26.4 Å². The Balaban J connectivity index is 0.731. The molecule has 0 fully saturated rings. The summed E-state index contributed by atoms with van der Waals surface area (Å²) < 4.78 is 28.8. The van der Waals surface area contributed by atoms with Crippen molar-refractivity contribution < 1.29 is 18.9 Å². The van der Waals surface area contributed by atoms with Crippen molar-refractivity contribution in [1.29, 1.82) is 0 Å². The Bertz CT molecular complexity index is 5290. The first-order valence-corrected chi connectivity index (χ1v) is 58.3. The van der Waals surface area contributed by atoms with E-state index in [2.05, 4.69) is 236 Å². The minimum atomic E-state index is 0.685. The largest absolute Gasteiger partial charge is 0.492 e. The van der Waals surface area contributed by atoms with Crippen molar-refractivity contribution >= 4 is 113 Å². The zero-order chi connectivity index (χ0) is 89.9. The van der Waals surface area contributed by atoms with Gasteiger partial charge in [0.25, 0.3) is 0 Å². The number of rotatable bonds is 61. The lowest BCUT2D eigenvalue weighted by molar-refractivity contribution is 0.306. The molecule has 4 aromatic carbocycles. The molecule has 0 atom stereocenters. The van der Waals surface area contributed by atoms with Crippen molar-refractivity contribution in [3.05, 3.63) is 203 Å². The number of thiophene rings is 10. The molecule has 0 aliphatic rings. The summed E-state index contributed by atoms with van der Waals surface area (Å²) in [6, 6.07) is 65.3. The van der Waals surface area contributed by atoms with Crippen LogP contribution in [0, 0.1) is 27.7 Å². The molecule has 0 unspecified atom stereocenters. The lowest BCUT2D eigenvalue weighted by Crippen LogP contribution is -2.01. The second kappa shape index (κ2) is 53.4. The van der Waals surface area contributed by atoms with E-state index in [0.717, 1.165) is 48.7 Å². The summed E-state index contributed by atoms with van der Waals surface area (Å²) in [6.07, 6.45) is 51.7. The van der Waals surface area contributed by atoms with Crippen molar-refractivity contribution in [3.8, 4) is 155 Å². The van der Waals surface area contributed by atoms with Crippen molar-refractivity contribution in [2.75, 3.05) is 26.4 Å². The topological polar surface area (TPSA) is 36.9 Å². The van der Waals surface area contributed by atoms with Gasteiger partial charge in [0, 0.05) is 132 Å². The second-order valence-corrected chi connectivity index (χ2v) is 46.7. The van der Waals surface area contributed by atoms with E-state index >= 15 is 0 Å². The van der Waals surface area contributed by atoms with E-state index in [1.54, 1.807) is 0 Å². The van der Waals surface area contributed by atoms with Crippen LogP contribution in [0.5, 0.6) is 23.0 Å². The van der Waals surface area contributed by atoms with Crippen molar-refractivity contribution in [2.24, 2.45) is 0 Å². The SMILES string of the molecule is CCCCCCCCCCCCOc1c(-c2ccc(-c3cccs3)s2)cc(C)cc1-c1ccc(-c2ccc(-c3cc(C)cc(-c4ccc(-c5ccc(-c6cc(C)cc(-c7ccc(-c8ccc(-c9cc(C)cc(-c%10ccc(-c%11cccs%11)s%10)c9OCCCCCCCCCCCC)s8)s7)c6OCCCCCCCCCCCC)s5)s4)c3OCCCCCCCCCCCC)s2)s1. The summed E-state index contributed by atoms with van der Waals surface area (Å²) in [7, 11) is 0. The maximum atomic E-state index is 7.29. The standard InChI is InChI=1S/C116H142O4S10/c1-9-13-17-21-25-29-33-37-41-45-69-117-113-87(95-53-61-105(123-95)103-51-49-73-121-103)75-83(5)77-89(113)97-55-63-107(125-97)109-65-57-99(127-109)91-79-85(7)81-93(115(91)119-71-47-43-39-35-31-27-23-19-15-11-3)101-59-67-111(129-101)112-68-60-102(130-112)94-82-86(8)80-92(116(94)120-72-48-44-40-36-32-28-24-20-16-12-4)100-58-66-110(128-100)108-64-56-98(126-108)90-78-84(6)76-88(96-54-62-106(124-96)104-52-50-74-122-104)114(90)118-70-46-42-38-34-30-26-22-18-14-10-2/h49-68,73-82H,9-48,69-72H2,1-8H3. The quantitative estimate of drug-likeness (QED) is 0.0356. The average Bonchev–Trinajstić information content (AvgIpc) is 1.60. The van der Waals surface area contributed by atoms with Gasteiger partial charge in [0.05, 0.1) is 26.4 Å². The molecule has 10 aromatic heterocycles. The minimum absolute atomic E-state index is 0.685. The second-order valence-electron chi connectivity index (χ2n) is 36.1. The molecule has 0 saturated heterocycles. The van der Waals surface area contributed by atoms with Gasteiger partial charge in [0.1, 0.15) is 23.0 Å². The lowest BCUT2D eigenvalue weighted by Gasteiger charge is -2.16. The van der Waals surface area contributed by atoms with Crippen LogP contribution in [0.25, 0.3) is 132 Å². The molecule has 14 rings (SSSR count). The van der Waals surface area contributed by atoms with E-state index in [-0.39, 0.29) is 0 Å². The van der Waals surface area contributed by atoms with Gasteiger partial charge in [0.2, 0.25) is 0 Å². The van der Waals surface area contributed by atoms with E-state index in [1.165, 1.54) is 386 Å². The minimum Gasteiger partial charge on any atom is -0.492 e. The average molecular weight is 1920 g/mol. The smallest absolute Gasteiger partial charge is 0.136 e. The van der Waals surface area contributed by atoms with Gasteiger partial charge < -0.3 is 18.9 Å². The molecule has 130 heavy (non-hydrogen) atoms. The highest BCUT2D eigenvalue weighted by Gasteiger charge is 2.27. The highest BCUT2D eigenvalue weighted by atomic mass is 32.1. The van der Waals surface area contributed by atoms with Gasteiger partial charge in [-0.3, -0.25) is 0 Å². The predicted molar refractivity (Wildman–Crippen MR) is 584 cm³/mol. The van der Waals surface area contributed by atoms with Crippen molar-refractivity contribution in [1.82, 2.24) is 0 Å². The van der Waals surface area contributed by atoms with Crippen molar-refractivity contribution in [3.63, 3.8) is 0 Å². The molecule has 14 heteroatoms. The molecule has 4 nitrogen and oxygen atoms in total. The van der Waals surface area contributed by atoms with E-state index in [4.69, 9.17) is 18.9 Å². The van der Waals surface area contributed by atoms with Crippen LogP contribution >= 0.6 is 113 Å². The summed E-state index contributed by atoms with van der Waals surface area (Å²) in [5.41, 5.74) is 14.4. The number of hydrogen-bond donors (Lipinski definition) is 0. The number of ether oxygens (including phenoxy) is 4. The molecule has 0 radical (unpaired) electrons. The van der Waals surface area contributed by atoms with Crippen LogP contribution < -0.4 is 18.9 Å². The maximum Gasteiger partial charge on any atom is 0.136 e. The summed E-state index contributed by atoms with van der Waals surface area (Å²) in [4.78, 5) is 22.7. The van der Waals surface area contributed by atoms with Crippen LogP contribution in [0.3, 0.4) is 0 Å². The Labute approximate surface area is 821 Å². The highest BCUT2D eigenvalue weighted by Crippen LogP contribution is 2.55. The Kier molecular flexibility index (Phi) is 40.7. The molecule has 0 spiro atoms. The Morgan fingerprint density at radius 3 is 0.469 bits per heavy atom. The molecule has 690 valence electrons. The molecule has 14 aromatic rings. The third-order valence-corrected chi connectivity index (χ3v) is 36.8. The molecule has 0 bridgehead atoms. The van der Waals surface area contributed by atoms with Crippen molar-refractivity contribution in [2.45, 2.75) is 312 Å². The maximum absolute atomic E-state index is 7.29. The summed E-state index contributed by atoms with van der Waals surface area (Å²) in [5.74, 6) is 4.01. The number of hydrogen-bond acceptors (Lipinski definition) is 14. The molecule has 0 N–H and O–H groups in total. The fourth-order valence-electron chi connectivity index (χ4n) is 18.0. The Morgan fingerprint density at radius 1 is 0.169 bits per heavy atom. The first-order chi connectivity index (χ1) is 64.0. The first kappa shape index (κ1) is 99.1. The number of aryl methyl sites for hydroxylation is 4. The molecule has 0 amide bonds. The number of benzene rings is 4. The molecule has 0 saturated carbocycles. The van der Waals surface area contributed by atoms with Gasteiger partial charge in [-0.2, -0.15) is 0 Å². The highest BCUT2D eigenvalue weighted by molar-refractivity contribution is 7.27. The predicted octanol–water partition coefficient (Wildman–Crippen LogP) is 42.4. The van der Waals surface area contributed by atoms with Gasteiger partial charge in [-0.1, -0.05) is 271 Å². The third kappa shape index (κ3) is 28.6. The fraction of sp³-hybridized carbons (Fsp3) is 0.448. The van der Waals surface area contributed by atoms with E-state index in [0.29, 0.717) is 26.4 Å². The molecular formula is C116H142O4S10. The monoisotopic (exact) mass is 1920 g/mol. The Hall–Kier alpha value is -6.92. The number of unbranched alkanes of at least 4 members (excludes halogenated alkanes) is 36. The van der Waals surface area contributed by atoms with Gasteiger partial charge in [-0.15, -0.1) is 113 Å². The van der Waals surface area contributed by atoms with Crippen LogP contribution in [-0.2, 0) is 0 Å². The van der Waals surface area contributed by atoms with Gasteiger partial charge in [-0.05, 0) is 244 Å². The fourth-order valence-corrected chi connectivity index (χ4v) is 28.1. The summed E-state index contributed by atoms with van der Waals surface area (Å²) in [6.45, 7) is 21.1. The van der Waals surface area contributed by atoms with E-state index < -0.39 is 0 Å². The lowest BCUT2D eigenvalue weighted by atomic mass is 10.0. The first-order valence-electron chi connectivity index (χ1n) is 50.0. The van der Waals surface area contributed by atoms with Gasteiger partial charge >= 0.3 is 0 Å². The Morgan fingerprint density at radius 2 is 0.315 bits per heavy atom. The van der Waals surface area contributed by atoms with Gasteiger partial charge in [-0.25, -0.2) is 0 Å². The summed E-state index contributed by atoms with van der Waals surface area (Å²) in [5, 5.41) is 4.36. The molecule has 0 aliphatic heterocycles. The van der Waals surface area contributed by atoms with Crippen LogP contribution in [0.15, 0.2) is 181 Å². The zero-order valence-electron chi connectivity index (χ0n) is 79.1. The zero-order valence-corrected chi connectivity index (χ0v) is 87.3. The third-order valence-electron chi connectivity index (χ3n) is 25.1. The van der Waals surface area contributed by atoms with Gasteiger partial charge in [0.15, 0.2) is 0 Å². The molecule has 10 heterocycles. The van der Waals surface area contributed by atoms with Crippen LogP contribution in [0.2, 0.25) is 0 Å². The van der Waals surface area contributed by atoms with Crippen LogP contribution in [0.4, 0.5) is 0 Å². The molecule has 0 aliphatic carbocycles.